The van der Waals surface area contributed by atoms with Gasteiger partial charge in [0, 0.05) is 19.2 Å². The van der Waals surface area contributed by atoms with E-state index in [0.29, 0.717) is 45.6 Å². The highest BCUT2D eigenvalue weighted by atomic mass is 16.5. The molecule has 0 spiro atoms. The molecule has 3 amide bonds. The van der Waals surface area contributed by atoms with E-state index in [1.807, 2.05) is 44.2 Å². The standard InChI is InChI=1S/C26H37N3O6/c1-4-35-24(31)13-12-23(30)21(11-10-20-8-6-5-7-9-20)27-25(32)22(18-19(2)3)28-26(33)29-14-16-34-17-15-29/h5-9,12-13,19,21-22H,4,10-11,14-18H2,1-3H3,(H,27,32)(H,28,33)/b13-12+/t21-,22-/m0/s1. The average molecular weight is 488 g/mol. The van der Waals surface area contributed by atoms with Crippen molar-refractivity contribution < 1.29 is 28.7 Å². The third-order valence-electron chi connectivity index (χ3n) is 5.51. The van der Waals surface area contributed by atoms with Gasteiger partial charge in [-0.2, -0.15) is 0 Å². The summed E-state index contributed by atoms with van der Waals surface area (Å²) in [4.78, 5) is 52.1. The van der Waals surface area contributed by atoms with E-state index >= 15 is 0 Å². The second-order valence-corrected chi connectivity index (χ2v) is 8.80. The van der Waals surface area contributed by atoms with Crippen molar-refractivity contribution in [2.45, 2.75) is 52.1 Å². The number of ketones is 1. The fourth-order valence-corrected chi connectivity index (χ4v) is 3.68. The van der Waals surface area contributed by atoms with Crippen LogP contribution >= 0.6 is 0 Å². The molecule has 0 saturated carbocycles. The summed E-state index contributed by atoms with van der Waals surface area (Å²) in [5.41, 5.74) is 1.02. The van der Waals surface area contributed by atoms with Crippen molar-refractivity contribution in [3.8, 4) is 0 Å². The van der Waals surface area contributed by atoms with Crippen LogP contribution in [-0.2, 0) is 30.3 Å². The summed E-state index contributed by atoms with van der Waals surface area (Å²) in [7, 11) is 0. The monoisotopic (exact) mass is 487 g/mol. The average Bonchev–Trinajstić information content (AvgIpc) is 2.85. The number of ether oxygens (including phenoxy) is 2. The van der Waals surface area contributed by atoms with E-state index in [0.717, 1.165) is 17.7 Å². The molecule has 0 bridgehead atoms. The first kappa shape index (κ1) is 28.0. The fourth-order valence-electron chi connectivity index (χ4n) is 3.68. The number of amides is 3. The summed E-state index contributed by atoms with van der Waals surface area (Å²) in [6.07, 6.45) is 3.52. The van der Waals surface area contributed by atoms with Gasteiger partial charge in [0.1, 0.15) is 6.04 Å². The van der Waals surface area contributed by atoms with Crippen LogP contribution in [0.5, 0.6) is 0 Å². The van der Waals surface area contributed by atoms with Crippen molar-refractivity contribution >= 4 is 23.7 Å². The van der Waals surface area contributed by atoms with Gasteiger partial charge in [0.2, 0.25) is 5.91 Å². The molecule has 1 fully saturated rings. The minimum Gasteiger partial charge on any atom is -0.463 e. The van der Waals surface area contributed by atoms with Crippen molar-refractivity contribution in [2.24, 2.45) is 5.92 Å². The Hall–Kier alpha value is -3.20. The van der Waals surface area contributed by atoms with Crippen molar-refractivity contribution in [3.05, 3.63) is 48.0 Å². The number of hydrogen-bond donors (Lipinski definition) is 2. The lowest BCUT2D eigenvalue weighted by Crippen LogP contribution is -2.55. The van der Waals surface area contributed by atoms with Gasteiger partial charge >= 0.3 is 12.0 Å². The molecule has 35 heavy (non-hydrogen) atoms. The molecule has 1 aromatic carbocycles. The highest BCUT2D eigenvalue weighted by molar-refractivity contribution is 6.01. The fraction of sp³-hybridized carbons (Fsp3) is 0.538. The van der Waals surface area contributed by atoms with Crippen molar-refractivity contribution in [3.63, 3.8) is 0 Å². The SMILES string of the molecule is CCOC(=O)/C=C/C(=O)[C@H](CCc1ccccc1)NC(=O)[C@H](CC(C)C)NC(=O)N1CCOCC1. The molecule has 0 aliphatic carbocycles. The lowest BCUT2D eigenvalue weighted by atomic mass is 9.99. The Morgan fingerprint density at radius 2 is 1.71 bits per heavy atom. The predicted molar refractivity (Wildman–Crippen MR) is 132 cm³/mol. The number of hydrogen-bond acceptors (Lipinski definition) is 6. The first-order chi connectivity index (χ1) is 16.8. The van der Waals surface area contributed by atoms with Gasteiger partial charge in [-0.25, -0.2) is 9.59 Å². The van der Waals surface area contributed by atoms with Gasteiger partial charge in [-0.1, -0.05) is 44.2 Å². The summed E-state index contributed by atoms with van der Waals surface area (Å²) < 4.78 is 10.1. The van der Waals surface area contributed by atoms with Gasteiger partial charge in [0.05, 0.1) is 25.9 Å². The van der Waals surface area contributed by atoms with Crippen LogP contribution in [0, 0.1) is 5.92 Å². The molecule has 1 heterocycles. The molecule has 2 atom stereocenters. The Morgan fingerprint density at radius 3 is 2.34 bits per heavy atom. The second kappa shape index (κ2) is 14.9. The lowest BCUT2D eigenvalue weighted by Gasteiger charge is -2.30. The third kappa shape index (κ3) is 10.3. The zero-order chi connectivity index (χ0) is 25.6. The van der Waals surface area contributed by atoms with Crippen molar-refractivity contribution in [1.82, 2.24) is 15.5 Å². The van der Waals surface area contributed by atoms with E-state index < -0.39 is 29.7 Å². The second-order valence-electron chi connectivity index (χ2n) is 8.80. The molecular weight excluding hydrogens is 450 g/mol. The smallest absolute Gasteiger partial charge is 0.330 e. The Morgan fingerprint density at radius 1 is 1.03 bits per heavy atom. The van der Waals surface area contributed by atoms with Crippen LogP contribution < -0.4 is 10.6 Å². The van der Waals surface area contributed by atoms with Gasteiger partial charge in [-0.3, -0.25) is 9.59 Å². The lowest BCUT2D eigenvalue weighted by molar-refractivity contribution is -0.137. The molecule has 1 aliphatic rings. The Kier molecular flexibility index (Phi) is 12.0. The van der Waals surface area contributed by atoms with Crippen molar-refractivity contribution in [2.75, 3.05) is 32.9 Å². The van der Waals surface area contributed by atoms with Gasteiger partial charge in [0.25, 0.3) is 0 Å². The van der Waals surface area contributed by atoms with Gasteiger partial charge in [-0.05, 0) is 43.7 Å². The molecule has 0 unspecified atom stereocenters. The van der Waals surface area contributed by atoms with Crippen molar-refractivity contribution in [1.29, 1.82) is 0 Å². The Labute approximate surface area is 207 Å². The quantitative estimate of drug-likeness (QED) is 0.345. The van der Waals surface area contributed by atoms with Crippen LogP contribution in [0.4, 0.5) is 4.79 Å². The topological polar surface area (TPSA) is 114 Å². The van der Waals surface area contributed by atoms with Crippen LogP contribution in [0.3, 0.4) is 0 Å². The van der Waals surface area contributed by atoms with Crippen LogP contribution in [0.2, 0.25) is 0 Å². The Bertz CT molecular complexity index is 865. The highest BCUT2D eigenvalue weighted by Gasteiger charge is 2.28. The van der Waals surface area contributed by atoms with E-state index in [1.54, 1.807) is 11.8 Å². The van der Waals surface area contributed by atoms with E-state index in [2.05, 4.69) is 10.6 Å². The molecule has 9 nitrogen and oxygen atoms in total. The molecule has 0 aromatic heterocycles. The number of urea groups is 1. The zero-order valence-electron chi connectivity index (χ0n) is 20.8. The summed E-state index contributed by atoms with van der Waals surface area (Å²) >= 11 is 0. The molecule has 192 valence electrons. The first-order valence-electron chi connectivity index (χ1n) is 12.2. The number of benzene rings is 1. The maximum Gasteiger partial charge on any atom is 0.330 e. The minimum atomic E-state index is -0.858. The van der Waals surface area contributed by atoms with Crippen LogP contribution in [0.15, 0.2) is 42.5 Å². The number of morpholine rings is 1. The molecule has 2 rings (SSSR count). The largest absolute Gasteiger partial charge is 0.463 e. The molecule has 1 saturated heterocycles. The van der Waals surface area contributed by atoms with Crippen LogP contribution in [-0.4, -0.2) is 73.6 Å². The summed E-state index contributed by atoms with van der Waals surface area (Å²) in [6, 6.07) is 7.63. The molecular formula is C26H37N3O6. The summed E-state index contributed by atoms with van der Waals surface area (Å²) in [6.45, 7) is 7.62. The third-order valence-corrected chi connectivity index (χ3v) is 5.51. The van der Waals surface area contributed by atoms with Gasteiger partial charge in [-0.15, -0.1) is 0 Å². The maximum atomic E-state index is 13.2. The Balaban J connectivity index is 2.12. The number of aryl methyl sites for hydroxylation is 1. The molecule has 0 radical (unpaired) electrons. The maximum absolute atomic E-state index is 13.2. The molecule has 1 aliphatic heterocycles. The van der Waals surface area contributed by atoms with Crippen LogP contribution in [0.25, 0.3) is 0 Å². The van der Waals surface area contributed by atoms with E-state index in [9.17, 15) is 19.2 Å². The predicted octanol–water partition coefficient (Wildman–Crippen LogP) is 2.25. The number of nitrogens with one attached hydrogen (secondary N) is 2. The minimum absolute atomic E-state index is 0.137. The molecule has 1 aromatic rings. The number of carbonyl (C=O) groups excluding carboxylic acids is 4. The highest BCUT2D eigenvalue weighted by Crippen LogP contribution is 2.10. The van der Waals surface area contributed by atoms with E-state index in [-0.39, 0.29) is 18.6 Å². The van der Waals surface area contributed by atoms with Gasteiger partial charge in [0.15, 0.2) is 5.78 Å². The summed E-state index contributed by atoms with van der Waals surface area (Å²) in [5, 5.41) is 5.63. The van der Waals surface area contributed by atoms with Gasteiger partial charge < -0.3 is 25.0 Å². The number of carbonyl (C=O) groups is 4. The zero-order valence-corrected chi connectivity index (χ0v) is 20.8. The summed E-state index contributed by atoms with van der Waals surface area (Å²) in [5.74, 6) is -1.33. The van der Waals surface area contributed by atoms with E-state index in [4.69, 9.17) is 9.47 Å². The van der Waals surface area contributed by atoms with E-state index in [1.165, 1.54) is 0 Å². The number of esters is 1. The molecule has 9 heteroatoms. The number of rotatable bonds is 12. The first-order valence-corrected chi connectivity index (χ1v) is 12.2. The normalized spacial score (nSPS) is 15.5. The van der Waals surface area contributed by atoms with Crippen LogP contribution in [0.1, 0.15) is 39.2 Å². The number of nitrogens with zero attached hydrogens (tertiary/aromatic N) is 1. The molecule has 2 N–H and O–H groups in total.